The highest BCUT2D eigenvalue weighted by Crippen LogP contribution is 2.33. The van der Waals surface area contributed by atoms with Gasteiger partial charge in [-0.15, -0.1) is 0 Å². The Balaban J connectivity index is 1.97. The molecule has 0 bridgehead atoms. The van der Waals surface area contributed by atoms with Gasteiger partial charge in [-0.1, -0.05) is 0 Å². The van der Waals surface area contributed by atoms with Crippen molar-refractivity contribution in [2.75, 3.05) is 7.11 Å². The highest BCUT2D eigenvalue weighted by molar-refractivity contribution is 5.73. The standard InChI is InChI=1S/C18H13NO6/c1-23-14-2-4-15(5-3-14)24-17-9-12(8-13(10-17)19(21)22)18-7-6-16(11-20)25-18/h2-11H,1H3. The Morgan fingerprint density at radius 1 is 1.00 bits per heavy atom. The topological polar surface area (TPSA) is 91.8 Å². The summed E-state index contributed by atoms with van der Waals surface area (Å²) in [6, 6.07) is 14.2. The van der Waals surface area contributed by atoms with Gasteiger partial charge in [0.25, 0.3) is 5.69 Å². The van der Waals surface area contributed by atoms with Crippen molar-refractivity contribution < 1.29 is 23.6 Å². The van der Waals surface area contributed by atoms with Crippen LogP contribution in [0.4, 0.5) is 5.69 Å². The molecule has 0 aliphatic heterocycles. The van der Waals surface area contributed by atoms with Crippen LogP contribution in [-0.2, 0) is 0 Å². The maximum atomic E-state index is 11.2. The maximum absolute atomic E-state index is 11.2. The van der Waals surface area contributed by atoms with Gasteiger partial charge in [0.2, 0.25) is 0 Å². The average Bonchev–Trinajstić information content (AvgIpc) is 3.11. The second-order valence-electron chi connectivity index (χ2n) is 5.07. The molecule has 0 aliphatic carbocycles. The van der Waals surface area contributed by atoms with Crippen LogP contribution < -0.4 is 9.47 Å². The third-order valence-corrected chi connectivity index (χ3v) is 3.42. The third kappa shape index (κ3) is 3.66. The van der Waals surface area contributed by atoms with E-state index in [0.717, 1.165) is 0 Å². The van der Waals surface area contributed by atoms with Crippen molar-refractivity contribution in [2.24, 2.45) is 0 Å². The van der Waals surface area contributed by atoms with Crippen molar-refractivity contribution in [3.63, 3.8) is 0 Å². The van der Waals surface area contributed by atoms with Crippen LogP contribution in [0.5, 0.6) is 17.2 Å². The Labute approximate surface area is 142 Å². The van der Waals surface area contributed by atoms with Crippen LogP contribution in [0, 0.1) is 10.1 Å². The van der Waals surface area contributed by atoms with Gasteiger partial charge in [-0.25, -0.2) is 0 Å². The molecular weight excluding hydrogens is 326 g/mol. The first kappa shape index (κ1) is 16.3. The lowest BCUT2D eigenvalue weighted by molar-refractivity contribution is -0.384. The number of non-ortho nitro benzene ring substituents is 1. The monoisotopic (exact) mass is 339 g/mol. The zero-order chi connectivity index (χ0) is 17.8. The number of nitro benzene ring substituents is 1. The van der Waals surface area contributed by atoms with Gasteiger partial charge in [-0.2, -0.15) is 0 Å². The molecule has 0 N–H and O–H groups in total. The van der Waals surface area contributed by atoms with E-state index in [2.05, 4.69) is 0 Å². The number of methoxy groups -OCH3 is 1. The zero-order valence-corrected chi connectivity index (χ0v) is 13.2. The molecule has 3 rings (SSSR count). The molecule has 0 radical (unpaired) electrons. The minimum atomic E-state index is -0.520. The normalized spacial score (nSPS) is 10.3. The van der Waals surface area contributed by atoms with Crippen molar-refractivity contribution >= 4 is 12.0 Å². The van der Waals surface area contributed by atoms with Crippen molar-refractivity contribution in [1.82, 2.24) is 0 Å². The summed E-state index contributed by atoms with van der Waals surface area (Å²) in [6.45, 7) is 0. The SMILES string of the molecule is COc1ccc(Oc2cc(-c3ccc(C=O)o3)cc([N+](=O)[O-])c2)cc1. The average molecular weight is 339 g/mol. The van der Waals surface area contributed by atoms with Gasteiger partial charge in [0.1, 0.15) is 23.0 Å². The molecular formula is C18H13NO6. The third-order valence-electron chi connectivity index (χ3n) is 3.42. The van der Waals surface area contributed by atoms with E-state index in [0.29, 0.717) is 29.1 Å². The first-order valence-corrected chi connectivity index (χ1v) is 7.26. The molecule has 0 fully saturated rings. The molecule has 7 heteroatoms. The lowest BCUT2D eigenvalue weighted by Crippen LogP contribution is -1.92. The fourth-order valence-corrected chi connectivity index (χ4v) is 2.24. The molecule has 0 atom stereocenters. The first-order valence-electron chi connectivity index (χ1n) is 7.26. The Morgan fingerprint density at radius 2 is 1.72 bits per heavy atom. The van der Waals surface area contributed by atoms with Gasteiger partial charge >= 0.3 is 0 Å². The predicted octanol–water partition coefficient (Wildman–Crippen LogP) is 4.47. The predicted molar refractivity (Wildman–Crippen MR) is 89.3 cm³/mol. The Morgan fingerprint density at radius 3 is 2.32 bits per heavy atom. The van der Waals surface area contributed by atoms with E-state index in [1.165, 1.54) is 18.2 Å². The van der Waals surface area contributed by atoms with Crippen LogP contribution in [-0.4, -0.2) is 18.3 Å². The molecule has 2 aromatic carbocycles. The van der Waals surface area contributed by atoms with E-state index in [-0.39, 0.29) is 17.2 Å². The van der Waals surface area contributed by atoms with Gasteiger partial charge in [0, 0.05) is 11.6 Å². The van der Waals surface area contributed by atoms with E-state index >= 15 is 0 Å². The summed E-state index contributed by atoms with van der Waals surface area (Å²) in [5.74, 6) is 1.92. The number of rotatable bonds is 6. The van der Waals surface area contributed by atoms with Crippen molar-refractivity contribution in [3.05, 3.63) is 70.5 Å². The number of nitrogens with zero attached hydrogens (tertiary/aromatic N) is 1. The molecule has 0 amide bonds. The molecule has 0 spiro atoms. The number of benzene rings is 2. The molecule has 7 nitrogen and oxygen atoms in total. The summed E-state index contributed by atoms with van der Waals surface area (Å²) in [4.78, 5) is 21.4. The van der Waals surface area contributed by atoms with Gasteiger partial charge in [0.15, 0.2) is 12.0 Å². The second-order valence-corrected chi connectivity index (χ2v) is 5.07. The van der Waals surface area contributed by atoms with Crippen LogP contribution in [0.1, 0.15) is 10.6 Å². The number of hydrogen-bond donors (Lipinski definition) is 0. The summed E-state index contributed by atoms with van der Waals surface area (Å²) >= 11 is 0. The van der Waals surface area contributed by atoms with Crippen LogP contribution in [0.2, 0.25) is 0 Å². The lowest BCUT2D eigenvalue weighted by atomic mass is 10.1. The largest absolute Gasteiger partial charge is 0.497 e. The molecule has 1 aromatic heterocycles. The fourth-order valence-electron chi connectivity index (χ4n) is 2.24. The summed E-state index contributed by atoms with van der Waals surface area (Å²) in [5.41, 5.74) is 0.288. The Hall–Kier alpha value is -3.61. The number of nitro groups is 1. The van der Waals surface area contributed by atoms with E-state index in [4.69, 9.17) is 13.9 Å². The van der Waals surface area contributed by atoms with Crippen molar-refractivity contribution in [2.45, 2.75) is 0 Å². The maximum Gasteiger partial charge on any atom is 0.273 e. The highest BCUT2D eigenvalue weighted by Gasteiger charge is 2.15. The number of hydrogen-bond acceptors (Lipinski definition) is 6. The minimum Gasteiger partial charge on any atom is -0.497 e. The van der Waals surface area contributed by atoms with E-state index in [1.807, 2.05) is 0 Å². The fraction of sp³-hybridized carbons (Fsp3) is 0.0556. The van der Waals surface area contributed by atoms with Gasteiger partial charge in [-0.05, 0) is 42.5 Å². The van der Waals surface area contributed by atoms with E-state index < -0.39 is 4.92 Å². The zero-order valence-electron chi connectivity index (χ0n) is 13.2. The Bertz CT molecular complexity index is 914. The first-order chi connectivity index (χ1) is 12.1. The molecule has 0 unspecified atom stereocenters. The van der Waals surface area contributed by atoms with Crippen LogP contribution in [0.25, 0.3) is 11.3 Å². The molecule has 0 saturated carbocycles. The van der Waals surface area contributed by atoms with E-state index in [1.54, 1.807) is 43.5 Å². The summed E-state index contributed by atoms with van der Waals surface area (Å²) in [6.07, 6.45) is 0.565. The lowest BCUT2D eigenvalue weighted by Gasteiger charge is -2.08. The number of carbonyl (C=O) groups excluding carboxylic acids is 1. The molecule has 3 aromatic rings. The second kappa shape index (κ2) is 6.88. The highest BCUT2D eigenvalue weighted by atomic mass is 16.6. The van der Waals surface area contributed by atoms with Crippen molar-refractivity contribution in [3.8, 4) is 28.6 Å². The van der Waals surface area contributed by atoms with Crippen LogP contribution in [0.3, 0.4) is 0 Å². The van der Waals surface area contributed by atoms with Gasteiger partial charge < -0.3 is 13.9 Å². The number of carbonyl (C=O) groups is 1. The summed E-state index contributed by atoms with van der Waals surface area (Å²) < 4.78 is 16.1. The van der Waals surface area contributed by atoms with E-state index in [9.17, 15) is 14.9 Å². The van der Waals surface area contributed by atoms with Gasteiger partial charge in [0.05, 0.1) is 18.1 Å². The Kier molecular flexibility index (Phi) is 4.47. The summed E-state index contributed by atoms with van der Waals surface area (Å²) in [5, 5.41) is 11.2. The number of ether oxygens (including phenoxy) is 2. The quantitative estimate of drug-likeness (QED) is 0.374. The smallest absolute Gasteiger partial charge is 0.273 e. The molecule has 1 heterocycles. The van der Waals surface area contributed by atoms with Crippen LogP contribution >= 0.6 is 0 Å². The van der Waals surface area contributed by atoms with Crippen molar-refractivity contribution in [1.29, 1.82) is 0 Å². The molecule has 25 heavy (non-hydrogen) atoms. The number of aldehydes is 1. The van der Waals surface area contributed by atoms with Gasteiger partial charge in [-0.3, -0.25) is 14.9 Å². The minimum absolute atomic E-state index is 0.138. The summed E-state index contributed by atoms with van der Waals surface area (Å²) in [7, 11) is 1.56. The molecule has 0 aliphatic rings. The molecule has 0 saturated heterocycles. The molecule has 126 valence electrons. The van der Waals surface area contributed by atoms with Crippen LogP contribution in [0.15, 0.2) is 59.0 Å². The number of furan rings is 1.